The normalized spacial score (nSPS) is 14.6. The van der Waals surface area contributed by atoms with E-state index in [0.29, 0.717) is 17.2 Å². The van der Waals surface area contributed by atoms with Gasteiger partial charge < -0.3 is 24.8 Å². The van der Waals surface area contributed by atoms with Crippen LogP contribution in [0.15, 0.2) is 36.4 Å². The van der Waals surface area contributed by atoms with Gasteiger partial charge in [0.05, 0.1) is 0 Å². The minimum atomic E-state index is -0.0178. The van der Waals surface area contributed by atoms with Gasteiger partial charge in [0.1, 0.15) is 17.2 Å². The number of hydrogen-bond donors (Lipinski definition) is 3. The maximum atomic E-state index is 10.4. The summed E-state index contributed by atoms with van der Waals surface area (Å²) in [6, 6.07) is 12.5. The van der Waals surface area contributed by atoms with Crippen LogP contribution in [0, 0.1) is 67.7 Å². The van der Waals surface area contributed by atoms with Gasteiger partial charge in [0.15, 0.2) is 0 Å². The number of aryl methyl sites for hydroxylation is 3. The molecule has 6 heteroatoms. The zero-order valence-corrected chi connectivity index (χ0v) is 43.3. The Bertz CT molecular complexity index is 1400. The largest absolute Gasteiger partial charge is 0.507 e. The van der Waals surface area contributed by atoms with Gasteiger partial charge in [-0.15, -0.1) is 0 Å². The molecule has 2 aliphatic rings. The van der Waals surface area contributed by atoms with Crippen LogP contribution in [0.2, 0.25) is 0 Å². The summed E-state index contributed by atoms with van der Waals surface area (Å²) in [5, 5.41) is 31.2. The smallest absolute Gasteiger partial charge is 0.123 e. The Kier molecular flexibility index (Phi) is 22.7. The molecular formula is C53H88O5Yb. The summed E-state index contributed by atoms with van der Waals surface area (Å²) >= 11 is 0. The Morgan fingerprint density at radius 1 is 0.322 bits per heavy atom. The van der Waals surface area contributed by atoms with Crippen LogP contribution in [0.25, 0.3) is 0 Å². The molecule has 59 heavy (non-hydrogen) atoms. The van der Waals surface area contributed by atoms with Crippen molar-refractivity contribution >= 4 is 0 Å². The summed E-state index contributed by atoms with van der Waals surface area (Å²) in [6.07, 6.45) is 5.11. The summed E-state index contributed by atoms with van der Waals surface area (Å²) in [5.41, 5.74) is 9.78. The molecule has 344 valence electrons. The van der Waals surface area contributed by atoms with Gasteiger partial charge in [-0.1, -0.05) is 178 Å². The van der Waals surface area contributed by atoms with Gasteiger partial charge in [-0.25, -0.2) is 0 Å². The molecule has 0 aromatic heterocycles. The quantitative estimate of drug-likeness (QED) is 0.209. The average Bonchev–Trinajstić information content (AvgIpc) is 3.82. The van der Waals surface area contributed by atoms with Crippen molar-refractivity contribution in [2.45, 2.75) is 204 Å². The zero-order valence-electron chi connectivity index (χ0n) is 41.5. The molecule has 2 saturated heterocycles. The number of benzene rings is 3. The maximum Gasteiger partial charge on any atom is 0.123 e. The minimum Gasteiger partial charge on any atom is -0.507 e. The van der Waals surface area contributed by atoms with Crippen LogP contribution in [-0.2, 0) is 42.0 Å². The SMILES string of the molecule is C1CCOC1.C1CCOC1.Cc1cc(C(C)(C)C)c(O)c(C(C)(C)C)c1.Cc1cc(C(C)(C)C)c(O)c(C(C)(C)C)c1.Cc1cc(C(C)(C)C)c(O)c(C(C)(C)C)c1.[Yb]. The molecular weight excluding hydrogens is 890 g/mol. The number of aromatic hydroxyl groups is 3. The van der Waals surface area contributed by atoms with E-state index in [1.54, 1.807) is 0 Å². The average molecular weight is 978 g/mol. The Morgan fingerprint density at radius 2 is 0.458 bits per heavy atom. The third-order valence-corrected chi connectivity index (χ3v) is 10.3. The summed E-state index contributed by atoms with van der Waals surface area (Å²) in [6.45, 7) is 48.7. The van der Waals surface area contributed by atoms with E-state index in [1.807, 2.05) is 0 Å². The van der Waals surface area contributed by atoms with E-state index in [-0.39, 0.29) is 79.4 Å². The fraction of sp³-hybridized carbons (Fsp3) is 0.660. The van der Waals surface area contributed by atoms with Gasteiger partial charge in [-0.05, 0) is 112 Å². The van der Waals surface area contributed by atoms with Crippen molar-refractivity contribution in [3.05, 3.63) is 86.5 Å². The predicted molar refractivity (Wildman–Crippen MR) is 251 cm³/mol. The van der Waals surface area contributed by atoms with E-state index in [4.69, 9.17) is 9.47 Å². The van der Waals surface area contributed by atoms with E-state index in [2.05, 4.69) is 182 Å². The van der Waals surface area contributed by atoms with Crippen molar-refractivity contribution in [1.29, 1.82) is 0 Å². The van der Waals surface area contributed by atoms with Crippen molar-refractivity contribution in [1.82, 2.24) is 0 Å². The van der Waals surface area contributed by atoms with Gasteiger partial charge in [-0.3, -0.25) is 0 Å². The third-order valence-electron chi connectivity index (χ3n) is 10.3. The van der Waals surface area contributed by atoms with Crippen molar-refractivity contribution < 1.29 is 71.7 Å². The standard InChI is InChI=1S/3C15H24O.2C4H8O.Yb/c3*1-10-8-11(14(2,3)4)13(16)12(9-10)15(5,6)7;2*1-2-4-5-3-1;/h3*8-9,16H,1-7H3;2*1-4H2;. The van der Waals surface area contributed by atoms with Gasteiger partial charge in [-0.2, -0.15) is 0 Å². The second kappa shape index (κ2) is 23.3. The third kappa shape index (κ3) is 19.6. The van der Waals surface area contributed by atoms with E-state index in [9.17, 15) is 15.3 Å². The first-order valence-electron chi connectivity index (χ1n) is 21.8. The first-order valence-corrected chi connectivity index (χ1v) is 21.8. The number of phenolic OH excluding ortho intramolecular Hbond substituents is 3. The van der Waals surface area contributed by atoms with Crippen molar-refractivity contribution in [3.8, 4) is 17.2 Å². The zero-order chi connectivity index (χ0) is 45.2. The molecule has 3 aromatic carbocycles. The number of phenols is 3. The monoisotopic (exact) mass is 979 g/mol. The second-order valence-electron chi connectivity index (χ2n) is 22.8. The first-order chi connectivity index (χ1) is 26.1. The van der Waals surface area contributed by atoms with Crippen LogP contribution in [-0.4, -0.2) is 41.7 Å². The van der Waals surface area contributed by atoms with Crippen LogP contribution in [0.1, 0.15) is 200 Å². The molecule has 2 aliphatic heterocycles. The van der Waals surface area contributed by atoms with E-state index in [0.717, 1.165) is 59.8 Å². The molecule has 0 bridgehead atoms. The number of rotatable bonds is 0. The number of ether oxygens (including phenoxy) is 2. The van der Waals surface area contributed by atoms with E-state index < -0.39 is 0 Å². The van der Waals surface area contributed by atoms with E-state index in [1.165, 1.54) is 42.4 Å². The Hall–Kier alpha value is -1.50. The van der Waals surface area contributed by atoms with Gasteiger partial charge >= 0.3 is 0 Å². The van der Waals surface area contributed by atoms with E-state index >= 15 is 0 Å². The molecule has 0 amide bonds. The van der Waals surface area contributed by atoms with Crippen molar-refractivity contribution in [3.63, 3.8) is 0 Å². The van der Waals surface area contributed by atoms with Crippen molar-refractivity contribution in [2.75, 3.05) is 26.4 Å². The molecule has 0 atom stereocenters. The van der Waals surface area contributed by atoms with Gasteiger partial charge in [0, 0.05) is 73.4 Å². The summed E-state index contributed by atoms with van der Waals surface area (Å²) < 4.78 is 9.89. The molecule has 5 nitrogen and oxygen atoms in total. The van der Waals surface area contributed by atoms with Crippen LogP contribution in [0.4, 0.5) is 0 Å². The Balaban J connectivity index is 0.000000755. The molecule has 0 spiro atoms. The van der Waals surface area contributed by atoms with Crippen LogP contribution in [0.5, 0.6) is 17.2 Å². The molecule has 3 N–H and O–H groups in total. The molecule has 0 saturated carbocycles. The molecule has 0 unspecified atom stereocenters. The van der Waals surface area contributed by atoms with Crippen molar-refractivity contribution in [2.24, 2.45) is 0 Å². The fourth-order valence-corrected chi connectivity index (χ4v) is 6.79. The molecule has 5 rings (SSSR count). The number of hydrogen-bond acceptors (Lipinski definition) is 5. The van der Waals surface area contributed by atoms with Crippen LogP contribution >= 0.6 is 0 Å². The minimum absolute atomic E-state index is 0. The Labute approximate surface area is 402 Å². The molecule has 0 radical (unpaired) electrons. The summed E-state index contributed by atoms with van der Waals surface area (Å²) in [4.78, 5) is 0. The first kappa shape index (κ1) is 57.5. The van der Waals surface area contributed by atoms with Gasteiger partial charge in [0.2, 0.25) is 0 Å². The molecule has 3 aromatic rings. The fourth-order valence-electron chi connectivity index (χ4n) is 6.79. The predicted octanol–water partition coefficient (Wildman–Crippen LogP) is 14.5. The Morgan fingerprint density at radius 3 is 0.542 bits per heavy atom. The summed E-state index contributed by atoms with van der Waals surface area (Å²) in [7, 11) is 0. The van der Waals surface area contributed by atoms with Crippen LogP contribution in [0.3, 0.4) is 0 Å². The second-order valence-corrected chi connectivity index (χ2v) is 22.8. The molecule has 0 aliphatic carbocycles. The maximum absolute atomic E-state index is 10.4. The molecule has 2 heterocycles. The summed E-state index contributed by atoms with van der Waals surface area (Å²) in [5.74, 6) is 1.39. The topological polar surface area (TPSA) is 79.2 Å². The molecule has 2 fully saturated rings. The van der Waals surface area contributed by atoms with Gasteiger partial charge in [0.25, 0.3) is 0 Å². The van der Waals surface area contributed by atoms with Crippen LogP contribution < -0.4 is 0 Å².